The Kier molecular flexibility index (Phi) is 5.59. The van der Waals surface area contributed by atoms with Gasteiger partial charge in [-0.1, -0.05) is 12.1 Å². The highest BCUT2D eigenvalue weighted by molar-refractivity contribution is 5.74. The summed E-state index contributed by atoms with van der Waals surface area (Å²) in [6, 6.07) is 6.66. The monoisotopic (exact) mass is 318 g/mol. The zero-order valence-corrected chi connectivity index (χ0v) is 13.5. The minimum Gasteiger partial charge on any atom is -0.497 e. The minimum absolute atomic E-state index is 0.182. The first-order valence-corrected chi connectivity index (χ1v) is 7.35. The lowest BCUT2D eigenvalue weighted by molar-refractivity contribution is 0.187. The standard InChI is InChI=1S/C16H22N4O3/c1-11(21)10-18-16(22)19-14(15-17-8-9-20(15)2)12-4-6-13(23-3)7-5-12/h4-9,11,14,21H,10H2,1-3H3,(H2,18,19,22)/t11-,14-/m0/s1. The number of rotatable bonds is 6. The van der Waals surface area contributed by atoms with Gasteiger partial charge >= 0.3 is 6.03 Å². The third-order valence-corrected chi connectivity index (χ3v) is 3.40. The van der Waals surface area contributed by atoms with Crippen LogP contribution < -0.4 is 15.4 Å². The molecule has 0 unspecified atom stereocenters. The van der Waals surface area contributed by atoms with Gasteiger partial charge in [-0.3, -0.25) is 0 Å². The van der Waals surface area contributed by atoms with Crippen molar-refractivity contribution in [1.82, 2.24) is 20.2 Å². The Bertz CT molecular complexity index is 637. The summed E-state index contributed by atoms with van der Waals surface area (Å²) in [6.07, 6.45) is 2.90. The second kappa shape index (κ2) is 7.64. The molecule has 0 aliphatic heterocycles. The second-order valence-electron chi connectivity index (χ2n) is 5.31. The van der Waals surface area contributed by atoms with Crippen molar-refractivity contribution in [3.63, 3.8) is 0 Å². The van der Waals surface area contributed by atoms with E-state index >= 15 is 0 Å². The van der Waals surface area contributed by atoms with Crippen LogP contribution in [0.2, 0.25) is 0 Å². The molecule has 2 atom stereocenters. The molecule has 0 fully saturated rings. The number of carbonyl (C=O) groups excluding carboxylic acids is 1. The van der Waals surface area contributed by atoms with Crippen molar-refractivity contribution in [2.24, 2.45) is 7.05 Å². The number of hydrogen-bond acceptors (Lipinski definition) is 4. The summed E-state index contributed by atoms with van der Waals surface area (Å²) in [5, 5.41) is 14.8. The number of benzene rings is 1. The van der Waals surface area contributed by atoms with Crippen molar-refractivity contribution in [1.29, 1.82) is 0 Å². The molecule has 1 aromatic carbocycles. The smallest absolute Gasteiger partial charge is 0.315 e. The van der Waals surface area contributed by atoms with Gasteiger partial charge in [0.1, 0.15) is 17.6 Å². The van der Waals surface area contributed by atoms with E-state index in [-0.39, 0.29) is 12.6 Å². The Labute approximate surface area is 135 Å². The van der Waals surface area contributed by atoms with E-state index in [9.17, 15) is 9.90 Å². The van der Waals surface area contributed by atoms with Crippen LogP contribution in [0.4, 0.5) is 4.79 Å². The van der Waals surface area contributed by atoms with Crippen LogP contribution in [0.25, 0.3) is 0 Å². The third kappa shape index (κ3) is 4.46. The molecule has 7 heteroatoms. The molecule has 0 saturated carbocycles. The number of aromatic nitrogens is 2. The molecule has 23 heavy (non-hydrogen) atoms. The predicted molar refractivity (Wildman–Crippen MR) is 86.3 cm³/mol. The number of nitrogens with one attached hydrogen (secondary N) is 2. The van der Waals surface area contributed by atoms with Crippen molar-refractivity contribution in [3.05, 3.63) is 48.0 Å². The SMILES string of the molecule is COc1ccc([C@H](NC(=O)NC[C@H](C)O)c2nccn2C)cc1. The molecule has 0 aliphatic rings. The predicted octanol–water partition coefficient (Wildman–Crippen LogP) is 1.20. The fourth-order valence-corrected chi connectivity index (χ4v) is 2.17. The van der Waals surface area contributed by atoms with Crippen molar-refractivity contribution in [2.75, 3.05) is 13.7 Å². The highest BCUT2D eigenvalue weighted by Gasteiger charge is 2.20. The molecular formula is C16H22N4O3. The molecule has 2 aromatic rings. The van der Waals surface area contributed by atoms with Crippen LogP contribution in [0.3, 0.4) is 0 Å². The van der Waals surface area contributed by atoms with Crippen LogP contribution in [0.15, 0.2) is 36.7 Å². The lowest BCUT2D eigenvalue weighted by Crippen LogP contribution is -2.41. The molecule has 2 rings (SSSR count). The van der Waals surface area contributed by atoms with Crippen LogP contribution in [0.1, 0.15) is 24.4 Å². The van der Waals surface area contributed by atoms with Crippen LogP contribution in [0, 0.1) is 0 Å². The summed E-state index contributed by atoms with van der Waals surface area (Å²) in [5.74, 6) is 1.45. The number of aryl methyl sites for hydroxylation is 1. The molecular weight excluding hydrogens is 296 g/mol. The molecule has 124 valence electrons. The highest BCUT2D eigenvalue weighted by atomic mass is 16.5. The number of imidazole rings is 1. The Hall–Kier alpha value is -2.54. The summed E-state index contributed by atoms with van der Waals surface area (Å²) >= 11 is 0. The van der Waals surface area contributed by atoms with Gasteiger partial charge in [0.25, 0.3) is 0 Å². The van der Waals surface area contributed by atoms with E-state index in [0.29, 0.717) is 5.82 Å². The summed E-state index contributed by atoms with van der Waals surface area (Å²) in [5.41, 5.74) is 0.882. The van der Waals surface area contributed by atoms with Crippen LogP contribution in [0.5, 0.6) is 5.75 Å². The molecule has 7 nitrogen and oxygen atoms in total. The molecule has 1 aromatic heterocycles. The Morgan fingerprint density at radius 2 is 2.09 bits per heavy atom. The first-order chi connectivity index (χ1) is 11.0. The molecule has 0 aliphatic carbocycles. The first kappa shape index (κ1) is 16.8. The Balaban J connectivity index is 2.21. The van der Waals surface area contributed by atoms with Crippen molar-refractivity contribution in [2.45, 2.75) is 19.1 Å². The number of urea groups is 1. The number of methoxy groups -OCH3 is 1. The minimum atomic E-state index is -0.603. The number of ether oxygens (including phenoxy) is 1. The largest absolute Gasteiger partial charge is 0.497 e. The van der Waals surface area contributed by atoms with Gasteiger partial charge in [-0.15, -0.1) is 0 Å². The maximum atomic E-state index is 12.1. The van der Waals surface area contributed by atoms with E-state index < -0.39 is 12.1 Å². The van der Waals surface area contributed by atoms with Gasteiger partial charge in [0, 0.05) is 26.0 Å². The number of aliphatic hydroxyl groups is 1. The maximum Gasteiger partial charge on any atom is 0.315 e. The quantitative estimate of drug-likeness (QED) is 0.747. The van der Waals surface area contributed by atoms with Gasteiger partial charge in [0.15, 0.2) is 0 Å². The Morgan fingerprint density at radius 1 is 1.39 bits per heavy atom. The fraction of sp³-hybridized carbons (Fsp3) is 0.375. The molecule has 3 N–H and O–H groups in total. The zero-order chi connectivity index (χ0) is 16.8. The van der Waals surface area contributed by atoms with Gasteiger partial charge in [-0.25, -0.2) is 9.78 Å². The van der Waals surface area contributed by atoms with Gasteiger partial charge in [0.05, 0.1) is 13.2 Å². The number of amides is 2. The fourth-order valence-electron chi connectivity index (χ4n) is 2.17. The van der Waals surface area contributed by atoms with Crippen molar-refractivity contribution in [3.8, 4) is 5.75 Å². The van der Waals surface area contributed by atoms with Gasteiger partial charge in [-0.05, 0) is 24.6 Å². The van der Waals surface area contributed by atoms with Crippen molar-refractivity contribution >= 4 is 6.03 Å². The molecule has 0 spiro atoms. The molecule has 2 amide bonds. The van der Waals surface area contributed by atoms with Crippen molar-refractivity contribution < 1.29 is 14.6 Å². The van der Waals surface area contributed by atoms with Gasteiger partial charge in [0.2, 0.25) is 0 Å². The summed E-state index contributed by atoms with van der Waals surface area (Å²) in [7, 11) is 3.47. The summed E-state index contributed by atoms with van der Waals surface area (Å²) < 4.78 is 7.01. The third-order valence-electron chi connectivity index (χ3n) is 3.40. The zero-order valence-electron chi connectivity index (χ0n) is 13.5. The van der Waals surface area contributed by atoms with Gasteiger partial charge in [-0.2, -0.15) is 0 Å². The van der Waals surface area contributed by atoms with E-state index in [2.05, 4.69) is 15.6 Å². The lowest BCUT2D eigenvalue weighted by Gasteiger charge is -2.20. The highest BCUT2D eigenvalue weighted by Crippen LogP contribution is 2.22. The second-order valence-corrected chi connectivity index (χ2v) is 5.31. The van der Waals surface area contributed by atoms with E-state index in [1.54, 1.807) is 20.2 Å². The number of aliphatic hydroxyl groups excluding tert-OH is 1. The topological polar surface area (TPSA) is 88.4 Å². The van der Waals surface area contributed by atoms with E-state index in [1.165, 1.54) is 0 Å². The summed E-state index contributed by atoms with van der Waals surface area (Å²) in [4.78, 5) is 16.4. The molecule has 0 bridgehead atoms. The van der Waals surface area contributed by atoms with E-state index in [4.69, 9.17) is 4.74 Å². The maximum absolute atomic E-state index is 12.1. The van der Waals surface area contributed by atoms with Crippen LogP contribution >= 0.6 is 0 Å². The van der Waals surface area contributed by atoms with E-state index in [0.717, 1.165) is 11.3 Å². The van der Waals surface area contributed by atoms with Gasteiger partial charge < -0.3 is 25.0 Å². The first-order valence-electron chi connectivity index (χ1n) is 7.35. The lowest BCUT2D eigenvalue weighted by atomic mass is 10.1. The average molecular weight is 318 g/mol. The number of hydrogen-bond donors (Lipinski definition) is 3. The van der Waals surface area contributed by atoms with E-state index in [1.807, 2.05) is 42.1 Å². The Morgan fingerprint density at radius 3 is 2.61 bits per heavy atom. The normalized spacial score (nSPS) is 13.2. The van der Waals surface area contributed by atoms with Crippen LogP contribution in [-0.4, -0.2) is 40.4 Å². The molecule has 0 saturated heterocycles. The average Bonchev–Trinajstić information content (AvgIpc) is 2.96. The number of carbonyl (C=O) groups is 1. The summed E-state index contributed by atoms with van der Waals surface area (Å²) in [6.45, 7) is 1.79. The molecule has 0 radical (unpaired) electrons. The number of nitrogens with zero attached hydrogens (tertiary/aromatic N) is 2. The van der Waals surface area contributed by atoms with Crippen LogP contribution in [-0.2, 0) is 7.05 Å². The molecule has 1 heterocycles.